The number of hydrogen-bond donors (Lipinski definition) is 5. The summed E-state index contributed by atoms with van der Waals surface area (Å²) in [6.45, 7) is 7.44. The summed E-state index contributed by atoms with van der Waals surface area (Å²) in [4.78, 5) is 66.7. The first-order valence-corrected chi connectivity index (χ1v) is 13.2. The van der Waals surface area contributed by atoms with Crippen molar-refractivity contribution in [3.05, 3.63) is 0 Å². The Hall–Kier alpha value is -2.73. The molecule has 12 heteroatoms. The quantitative estimate of drug-likeness (QED) is 0.224. The van der Waals surface area contributed by atoms with Crippen LogP contribution in [0.3, 0.4) is 0 Å². The molecule has 0 aliphatic carbocycles. The molecule has 4 amide bonds. The van der Waals surface area contributed by atoms with Crippen LogP contribution in [0.25, 0.3) is 0 Å². The second-order valence-electron chi connectivity index (χ2n) is 10.6. The van der Waals surface area contributed by atoms with Crippen LogP contribution in [0.1, 0.15) is 66.2 Å². The molecule has 2 fully saturated rings. The summed E-state index contributed by atoms with van der Waals surface area (Å²) in [5, 5.41) is 24.4. The first kappa shape index (κ1) is 30.5. The molecule has 0 saturated carbocycles. The Balaban J connectivity index is 2.15. The lowest BCUT2D eigenvalue weighted by Crippen LogP contribution is -2.60. The summed E-state index contributed by atoms with van der Waals surface area (Å²) in [5.74, 6) is -3.32. The summed E-state index contributed by atoms with van der Waals surface area (Å²) in [6.07, 6.45) is 2.91. The maximum Gasteiger partial charge on any atom is 0.326 e. The largest absolute Gasteiger partial charge is 0.480 e. The lowest BCUT2D eigenvalue weighted by Gasteiger charge is -2.34. The highest BCUT2D eigenvalue weighted by atomic mass is 16.4. The predicted octanol–water partition coefficient (Wildman–Crippen LogP) is -0.566. The molecule has 0 unspecified atom stereocenters. The van der Waals surface area contributed by atoms with Gasteiger partial charge in [0, 0.05) is 13.1 Å². The van der Waals surface area contributed by atoms with Crippen LogP contribution in [0.4, 0.5) is 0 Å². The molecule has 0 aromatic rings. The van der Waals surface area contributed by atoms with Crippen molar-refractivity contribution in [1.29, 1.82) is 0 Å². The SMILES string of the molecule is CC[C@H](C)[C@H](NC(=O)[C@H](CO)NC(=O)[C@@H](N)CC(C)C)C(=O)N1CCC[C@H]1C(=O)N1CCC[C@H]1C(=O)O. The van der Waals surface area contributed by atoms with Crippen LogP contribution in [-0.2, 0) is 24.0 Å². The lowest BCUT2D eigenvalue weighted by molar-refractivity contribution is -0.152. The number of rotatable bonds is 12. The van der Waals surface area contributed by atoms with Crippen LogP contribution in [0.2, 0.25) is 0 Å². The zero-order valence-electron chi connectivity index (χ0n) is 22.3. The standard InChI is InChI=1S/C25H43N5O7/c1-5-15(4)20(28-22(33)17(13-31)27-21(32)16(26)12-14(2)3)24(35)29-10-6-8-18(29)23(34)30-11-7-9-19(30)25(36)37/h14-20,31H,5-13,26H2,1-4H3,(H,27,32)(H,28,33)(H,36,37)/t15-,16-,17-,18-,19-,20-/m0/s1. The highest BCUT2D eigenvalue weighted by molar-refractivity contribution is 5.96. The summed E-state index contributed by atoms with van der Waals surface area (Å²) in [7, 11) is 0. The number of carboxylic acid groups (broad SMARTS) is 1. The minimum absolute atomic E-state index is 0.164. The van der Waals surface area contributed by atoms with Gasteiger partial charge in [0.2, 0.25) is 23.6 Å². The molecule has 2 aliphatic rings. The van der Waals surface area contributed by atoms with Gasteiger partial charge in [-0.2, -0.15) is 0 Å². The van der Waals surface area contributed by atoms with Crippen LogP contribution >= 0.6 is 0 Å². The number of aliphatic hydroxyl groups is 1. The highest BCUT2D eigenvalue weighted by Gasteiger charge is 2.44. The molecule has 0 spiro atoms. The Bertz CT molecular complexity index is 851. The number of hydrogen-bond acceptors (Lipinski definition) is 7. The highest BCUT2D eigenvalue weighted by Crippen LogP contribution is 2.26. The third-order valence-corrected chi connectivity index (χ3v) is 7.30. The van der Waals surface area contributed by atoms with E-state index in [1.807, 2.05) is 20.8 Å². The maximum atomic E-state index is 13.6. The average Bonchev–Trinajstić information content (AvgIpc) is 3.54. The van der Waals surface area contributed by atoms with Gasteiger partial charge in [0.25, 0.3) is 0 Å². The Morgan fingerprint density at radius 1 is 0.946 bits per heavy atom. The number of carbonyl (C=O) groups excluding carboxylic acids is 4. The average molecular weight is 526 g/mol. The Labute approximate surface area is 218 Å². The van der Waals surface area contributed by atoms with Crippen molar-refractivity contribution in [2.24, 2.45) is 17.6 Å². The third-order valence-electron chi connectivity index (χ3n) is 7.30. The van der Waals surface area contributed by atoms with Crippen molar-refractivity contribution in [2.75, 3.05) is 19.7 Å². The summed E-state index contributed by atoms with van der Waals surface area (Å²) in [6, 6.07) is -4.81. The van der Waals surface area contributed by atoms with Crippen LogP contribution in [0.15, 0.2) is 0 Å². The molecule has 37 heavy (non-hydrogen) atoms. The molecule has 2 aliphatic heterocycles. The van der Waals surface area contributed by atoms with Crippen LogP contribution in [0.5, 0.6) is 0 Å². The fraction of sp³-hybridized carbons (Fsp3) is 0.800. The van der Waals surface area contributed by atoms with Crippen molar-refractivity contribution in [1.82, 2.24) is 20.4 Å². The monoisotopic (exact) mass is 525 g/mol. The van der Waals surface area contributed by atoms with Crippen LogP contribution in [0, 0.1) is 11.8 Å². The number of likely N-dealkylation sites (tertiary alicyclic amines) is 2. The zero-order chi connectivity index (χ0) is 27.9. The number of aliphatic hydroxyl groups excluding tert-OH is 1. The van der Waals surface area contributed by atoms with E-state index in [2.05, 4.69) is 10.6 Å². The number of carbonyl (C=O) groups is 5. The van der Waals surface area contributed by atoms with Crippen LogP contribution < -0.4 is 16.4 Å². The number of nitrogens with two attached hydrogens (primary N) is 1. The van der Waals surface area contributed by atoms with Crippen molar-refractivity contribution in [2.45, 2.75) is 96.4 Å². The number of nitrogens with zero attached hydrogens (tertiary/aromatic N) is 2. The summed E-state index contributed by atoms with van der Waals surface area (Å²) >= 11 is 0. The molecule has 2 saturated heterocycles. The van der Waals surface area contributed by atoms with E-state index < -0.39 is 60.5 Å². The second kappa shape index (κ2) is 13.7. The van der Waals surface area contributed by atoms with Crippen molar-refractivity contribution in [3.63, 3.8) is 0 Å². The van der Waals surface area contributed by atoms with Crippen molar-refractivity contribution >= 4 is 29.6 Å². The van der Waals surface area contributed by atoms with Gasteiger partial charge >= 0.3 is 5.97 Å². The van der Waals surface area contributed by atoms with Gasteiger partial charge in [-0.3, -0.25) is 19.2 Å². The van der Waals surface area contributed by atoms with Crippen molar-refractivity contribution < 1.29 is 34.2 Å². The van der Waals surface area contributed by atoms with Crippen molar-refractivity contribution in [3.8, 4) is 0 Å². The minimum Gasteiger partial charge on any atom is -0.480 e. The molecule has 2 heterocycles. The molecule has 6 N–H and O–H groups in total. The Morgan fingerprint density at radius 2 is 1.54 bits per heavy atom. The smallest absolute Gasteiger partial charge is 0.326 e. The molecular formula is C25H43N5O7. The van der Waals surface area contributed by atoms with Gasteiger partial charge in [0.05, 0.1) is 12.6 Å². The topological polar surface area (TPSA) is 182 Å². The molecule has 0 bridgehead atoms. The summed E-state index contributed by atoms with van der Waals surface area (Å²) < 4.78 is 0. The molecule has 0 aromatic carbocycles. The van der Waals surface area contributed by atoms with Gasteiger partial charge in [-0.1, -0.05) is 34.1 Å². The maximum absolute atomic E-state index is 13.6. The molecule has 0 aromatic heterocycles. The molecule has 2 rings (SSSR count). The summed E-state index contributed by atoms with van der Waals surface area (Å²) in [5.41, 5.74) is 5.89. The molecule has 6 atom stereocenters. The number of amides is 4. The van der Waals surface area contributed by atoms with E-state index in [-0.39, 0.29) is 17.7 Å². The number of carboxylic acids is 1. The zero-order valence-corrected chi connectivity index (χ0v) is 22.3. The van der Waals surface area contributed by atoms with E-state index in [0.717, 1.165) is 0 Å². The van der Waals surface area contributed by atoms with E-state index in [4.69, 9.17) is 5.73 Å². The third kappa shape index (κ3) is 7.64. The second-order valence-corrected chi connectivity index (χ2v) is 10.6. The predicted molar refractivity (Wildman–Crippen MR) is 135 cm³/mol. The molecule has 0 radical (unpaired) electrons. The number of nitrogens with one attached hydrogen (secondary N) is 2. The fourth-order valence-electron chi connectivity index (χ4n) is 4.97. The van der Waals surface area contributed by atoms with E-state index in [9.17, 15) is 34.2 Å². The van der Waals surface area contributed by atoms with Gasteiger partial charge in [-0.25, -0.2) is 4.79 Å². The molecule has 12 nitrogen and oxygen atoms in total. The van der Waals surface area contributed by atoms with Crippen LogP contribution in [-0.4, -0.2) is 99.5 Å². The Kier molecular flexibility index (Phi) is 11.3. The fourth-order valence-corrected chi connectivity index (χ4v) is 4.97. The van der Waals surface area contributed by atoms with Gasteiger partial charge in [-0.05, 0) is 43.9 Å². The lowest BCUT2D eigenvalue weighted by atomic mass is 9.96. The number of aliphatic carboxylic acids is 1. The first-order chi connectivity index (χ1) is 17.4. The van der Waals surface area contributed by atoms with E-state index in [1.165, 1.54) is 9.80 Å². The van der Waals surface area contributed by atoms with Gasteiger partial charge in [0.15, 0.2) is 0 Å². The molecule has 210 valence electrons. The van der Waals surface area contributed by atoms with E-state index in [0.29, 0.717) is 51.6 Å². The van der Waals surface area contributed by atoms with Gasteiger partial charge in [-0.15, -0.1) is 0 Å². The van der Waals surface area contributed by atoms with E-state index in [1.54, 1.807) is 6.92 Å². The van der Waals surface area contributed by atoms with Gasteiger partial charge in [0.1, 0.15) is 24.2 Å². The first-order valence-electron chi connectivity index (χ1n) is 13.2. The normalized spacial score (nSPS) is 22.9. The Morgan fingerprint density at radius 3 is 2.08 bits per heavy atom. The van der Waals surface area contributed by atoms with E-state index >= 15 is 0 Å². The molecular weight excluding hydrogens is 482 g/mol. The van der Waals surface area contributed by atoms with Gasteiger partial charge < -0.3 is 36.4 Å². The minimum atomic E-state index is -1.29.